The smallest absolute Gasteiger partial charge is 0.281 e. The van der Waals surface area contributed by atoms with Crippen molar-refractivity contribution < 1.29 is 4.79 Å². The highest BCUT2D eigenvalue weighted by Gasteiger charge is 2.28. The van der Waals surface area contributed by atoms with E-state index in [1.165, 1.54) is 4.68 Å². The lowest BCUT2D eigenvalue weighted by Crippen LogP contribution is -2.39. The van der Waals surface area contributed by atoms with Crippen LogP contribution in [0.3, 0.4) is 0 Å². The minimum Gasteiger partial charge on any atom is -0.338 e. The van der Waals surface area contributed by atoms with Gasteiger partial charge in [0.25, 0.3) is 11.5 Å². The molecule has 0 radical (unpaired) electrons. The minimum atomic E-state index is -0.363. The lowest BCUT2D eigenvalue weighted by molar-refractivity contribution is 0.0704. The maximum absolute atomic E-state index is 12.9. The number of H-pyrrole nitrogens is 1. The van der Waals surface area contributed by atoms with Crippen molar-refractivity contribution in [3.63, 3.8) is 0 Å². The molecular weight excluding hydrogens is 463 g/mol. The molecule has 10 heteroatoms. The number of aromatic amines is 1. The van der Waals surface area contributed by atoms with Gasteiger partial charge < -0.3 is 9.88 Å². The maximum atomic E-state index is 12.9. The molecule has 1 aliphatic heterocycles. The number of amides is 1. The average molecular weight is 483 g/mol. The Labute approximate surface area is 199 Å². The number of hydrogen-bond acceptors (Lipinski definition) is 5. The van der Waals surface area contributed by atoms with E-state index in [1.54, 1.807) is 18.2 Å². The summed E-state index contributed by atoms with van der Waals surface area (Å²) in [5, 5.41) is 9.10. The van der Waals surface area contributed by atoms with E-state index >= 15 is 0 Å². The topological polar surface area (TPSA) is 96.8 Å². The van der Waals surface area contributed by atoms with Crippen molar-refractivity contribution in [3.05, 3.63) is 85.9 Å². The monoisotopic (exact) mass is 482 g/mol. The molecule has 2 aromatic carbocycles. The first-order chi connectivity index (χ1) is 16.0. The van der Waals surface area contributed by atoms with Gasteiger partial charge in [-0.15, -0.1) is 5.10 Å². The number of rotatable bonds is 4. The molecule has 2 aromatic heterocycles. The van der Waals surface area contributed by atoms with Crippen LogP contribution in [0.4, 0.5) is 0 Å². The number of hydrogen-bond donors (Lipinski definition) is 1. The highest BCUT2D eigenvalue weighted by atomic mass is 35.5. The second-order valence-corrected chi connectivity index (χ2v) is 8.84. The highest BCUT2D eigenvalue weighted by molar-refractivity contribution is 6.36. The van der Waals surface area contributed by atoms with Crippen molar-refractivity contribution in [3.8, 4) is 0 Å². The van der Waals surface area contributed by atoms with Crippen LogP contribution in [0.2, 0.25) is 10.0 Å². The molecule has 0 bridgehead atoms. The summed E-state index contributed by atoms with van der Waals surface area (Å²) in [4.78, 5) is 35.0. The fraction of sp³-hybridized carbons (Fsp3) is 0.261. The number of halogens is 2. The van der Waals surface area contributed by atoms with Crippen LogP contribution in [-0.2, 0) is 6.54 Å². The van der Waals surface area contributed by atoms with Crippen LogP contribution in [0.1, 0.15) is 40.5 Å². The van der Waals surface area contributed by atoms with Gasteiger partial charge in [-0.3, -0.25) is 9.59 Å². The normalized spacial score (nSPS) is 16.3. The Kier molecular flexibility index (Phi) is 5.86. The average Bonchev–Trinajstić information content (AvgIpc) is 3.25. The molecule has 0 aliphatic carbocycles. The SMILES string of the molecule is O=C(c1ccccc1)N1CCCC(c2nc3c(nnn3Cc3c(Cl)cccc3Cl)c(=O)[nH]2)C1. The van der Waals surface area contributed by atoms with Crippen LogP contribution in [-0.4, -0.2) is 48.9 Å². The van der Waals surface area contributed by atoms with Gasteiger partial charge in [0.2, 0.25) is 0 Å². The molecular formula is C23H20Cl2N6O2. The molecule has 33 heavy (non-hydrogen) atoms. The molecule has 1 atom stereocenters. The lowest BCUT2D eigenvalue weighted by Gasteiger charge is -2.32. The van der Waals surface area contributed by atoms with Crippen LogP contribution in [0, 0.1) is 0 Å². The molecule has 1 N–H and O–H groups in total. The van der Waals surface area contributed by atoms with Gasteiger partial charge in [-0.05, 0) is 37.1 Å². The number of fused-ring (bicyclic) bond motifs is 1. The predicted molar refractivity (Wildman–Crippen MR) is 126 cm³/mol. The Morgan fingerprint density at radius 1 is 1.09 bits per heavy atom. The quantitative estimate of drug-likeness (QED) is 0.475. The van der Waals surface area contributed by atoms with Gasteiger partial charge in [-0.1, -0.05) is 52.7 Å². The zero-order valence-corrected chi connectivity index (χ0v) is 19.1. The molecule has 8 nitrogen and oxygen atoms in total. The number of nitrogens with one attached hydrogen (secondary N) is 1. The Morgan fingerprint density at radius 2 is 1.85 bits per heavy atom. The first-order valence-corrected chi connectivity index (χ1v) is 11.4. The van der Waals surface area contributed by atoms with Crippen LogP contribution in [0.25, 0.3) is 11.2 Å². The molecule has 1 amide bonds. The molecule has 4 aromatic rings. The van der Waals surface area contributed by atoms with Gasteiger partial charge in [0.1, 0.15) is 5.82 Å². The Bertz CT molecular complexity index is 1360. The summed E-state index contributed by atoms with van der Waals surface area (Å²) in [6.45, 7) is 1.37. The van der Waals surface area contributed by atoms with Crippen LogP contribution in [0.15, 0.2) is 53.3 Å². The van der Waals surface area contributed by atoms with E-state index < -0.39 is 0 Å². The Hall–Kier alpha value is -3.23. The van der Waals surface area contributed by atoms with Crippen molar-refractivity contribution in [2.45, 2.75) is 25.3 Å². The van der Waals surface area contributed by atoms with Crippen molar-refractivity contribution >= 4 is 40.3 Å². The van der Waals surface area contributed by atoms with E-state index in [-0.39, 0.29) is 29.4 Å². The Balaban J connectivity index is 1.46. The van der Waals surface area contributed by atoms with Crippen molar-refractivity contribution in [2.75, 3.05) is 13.1 Å². The summed E-state index contributed by atoms with van der Waals surface area (Å²) < 4.78 is 1.52. The lowest BCUT2D eigenvalue weighted by atomic mass is 9.96. The van der Waals surface area contributed by atoms with Crippen molar-refractivity contribution in [1.29, 1.82) is 0 Å². The molecule has 3 heterocycles. The molecule has 0 spiro atoms. The molecule has 1 fully saturated rings. The zero-order valence-electron chi connectivity index (χ0n) is 17.5. The largest absolute Gasteiger partial charge is 0.338 e. The predicted octanol–water partition coefficient (Wildman–Crippen LogP) is 3.89. The summed E-state index contributed by atoms with van der Waals surface area (Å²) in [6.07, 6.45) is 1.63. The van der Waals surface area contributed by atoms with Gasteiger partial charge in [0, 0.05) is 40.2 Å². The van der Waals surface area contributed by atoms with Gasteiger partial charge in [-0.2, -0.15) is 0 Å². The van der Waals surface area contributed by atoms with Crippen LogP contribution >= 0.6 is 23.2 Å². The number of likely N-dealkylation sites (tertiary alicyclic amines) is 1. The number of nitrogens with zero attached hydrogens (tertiary/aromatic N) is 5. The third kappa shape index (κ3) is 4.24. The van der Waals surface area contributed by atoms with E-state index in [4.69, 9.17) is 28.2 Å². The van der Waals surface area contributed by atoms with E-state index in [1.807, 2.05) is 35.2 Å². The summed E-state index contributed by atoms with van der Waals surface area (Å²) in [5.41, 5.74) is 1.46. The molecule has 1 saturated heterocycles. The summed E-state index contributed by atoms with van der Waals surface area (Å²) >= 11 is 12.6. The number of aromatic nitrogens is 5. The number of piperidine rings is 1. The van der Waals surface area contributed by atoms with Gasteiger partial charge in [0.15, 0.2) is 11.2 Å². The van der Waals surface area contributed by atoms with E-state index in [0.29, 0.717) is 45.7 Å². The van der Waals surface area contributed by atoms with Gasteiger partial charge >= 0.3 is 0 Å². The second kappa shape index (κ2) is 8.96. The number of benzene rings is 2. The first kappa shape index (κ1) is 21.6. The minimum absolute atomic E-state index is 0.0243. The fourth-order valence-electron chi connectivity index (χ4n) is 4.16. The Morgan fingerprint density at radius 3 is 2.61 bits per heavy atom. The van der Waals surface area contributed by atoms with E-state index in [9.17, 15) is 9.59 Å². The standard InChI is InChI=1S/C23H20Cl2N6O2/c24-17-9-4-10-18(25)16(17)13-31-21-19(28-29-31)22(32)27-20(26-21)15-8-5-11-30(12-15)23(33)14-6-2-1-3-7-14/h1-4,6-7,9-10,15H,5,8,11-13H2,(H,26,27,32). The molecule has 5 rings (SSSR count). The second-order valence-electron chi connectivity index (χ2n) is 8.03. The first-order valence-electron chi connectivity index (χ1n) is 10.6. The third-order valence-corrected chi connectivity index (χ3v) is 6.59. The highest BCUT2D eigenvalue weighted by Crippen LogP contribution is 2.27. The fourth-order valence-corrected chi connectivity index (χ4v) is 4.68. The third-order valence-electron chi connectivity index (χ3n) is 5.88. The molecule has 168 valence electrons. The summed E-state index contributed by atoms with van der Waals surface area (Å²) in [7, 11) is 0. The van der Waals surface area contributed by atoms with Crippen LogP contribution < -0.4 is 5.56 Å². The van der Waals surface area contributed by atoms with Crippen LogP contribution in [0.5, 0.6) is 0 Å². The summed E-state index contributed by atoms with van der Waals surface area (Å²) in [5.74, 6) is 0.395. The van der Waals surface area contributed by atoms with Crippen molar-refractivity contribution in [2.24, 2.45) is 0 Å². The van der Waals surface area contributed by atoms with Crippen molar-refractivity contribution in [1.82, 2.24) is 29.9 Å². The van der Waals surface area contributed by atoms with Gasteiger partial charge in [-0.25, -0.2) is 9.67 Å². The number of carbonyl (C=O) groups is 1. The molecule has 1 unspecified atom stereocenters. The number of carbonyl (C=O) groups excluding carboxylic acids is 1. The molecule has 1 aliphatic rings. The van der Waals surface area contributed by atoms with Gasteiger partial charge in [0.05, 0.1) is 6.54 Å². The zero-order chi connectivity index (χ0) is 22.9. The summed E-state index contributed by atoms with van der Waals surface area (Å²) in [6, 6.07) is 14.4. The van der Waals surface area contributed by atoms with E-state index in [0.717, 1.165) is 12.8 Å². The van der Waals surface area contributed by atoms with E-state index in [2.05, 4.69) is 15.3 Å². The maximum Gasteiger partial charge on any atom is 0.281 e. The molecule has 0 saturated carbocycles.